The largest absolute Gasteiger partial charge is 0.390 e. The number of nitrogens with zero attached hydrogens (tertiary/aromatic N) is 1. The molecule has 4 heteroatoms. The molecule has 1 aliphatic heterocycles. The highest BCUT2D eigenvalue weighted by atomic mass is 32.2. The van der Waals surface area contributed by atoms with Crippen LogP contribution in [0.3, 0.4) is 0 Å². The third-order valence-corrected chi connectivity index (χ3v) is 4.33. The number of hydrogen-bond donors (Lipinski definition) is 2. The highest BCUT2D eigenvalue weighted by Crippen LogP contribution is 2.47. The van der Waals surface area contributed by atoms with Crippen molar-refractivity contribution in [3.05, 3.63) is 48.5 Å². The lowest BCUT2D eigenvalue weighted by atomic mass is 10.2. The van der Waals surface area contributed by atoms with Gasteiger partial charge in [-0.05, 0) is 24.3 Å². The molecule has 3 N–H and O–H groups in total. The summed E-state index contributed by atoms with van der Waals surface area (Å²) in [6, 6.07) is 16.5. The molecule has 2 aromatic rings. The zero-order valence-corrected chi connectivity index (χ0v) is 11.3. The number of hydrogen-bond acceptors (Lipinski definition) is 4. The lowest BCUT2D eigenvalue weighted by molar-refractivity contribution is 0.191. The summed E-state index contributed by atoms with van der Waals surface area (Å²) in [7, 11) is 0. The lowest BCUT2D eigenvalue weighted by Crippen LogP contribution is -2.34. The Kier molecular flexibility index (Phi) is 3.46. The number of rotatable bonds is 3. The van der Waals surface area contributed by atoms with Crippen molar-refractivity contribution in [1.29, 1.82) is 0 Å². The first-order valence-electron chi connectivity index (χ1n) is 6.31. The number of β-amino-alcohol motifs (C(OH)–C–C–N with tert-alkyl or cyclic N) is 1. The average molecular weight is 272 g/mol. The molecule has 0 bridgehead atoms. The van der Waals surface area contributed by atoms with E-state index < -0.39 is 6.10 Å². The lowest BCUT2D eigenvalue weighted by Gasteiger charge is -2.33. The molecule has 3 rings (SSSR count). The van der Waals surface area contributed by atoms with Gasteiger partial charge in [0, 0.05) is 16.3 Å². The first-order valence-corrected chi connectivity index (χ1v) is 7.13. The van der Waals surface area contributed by atoms with Gasteiger partial charge < -0.3 is 15.7 Å². The van der Waals surface area contributed by atoms with Crippen molar-refractivity contribution in [3.63, 3.8) is 0 Å². The third kappa shape index (κ3) is 2.34. The predicted molar refractivity (Wildman–Crippen MR) is 79.1 cm³/mol. The minimum absolute atomic E-state index is 0.272. The van der Waals surface area contributed by atoms with E-state index in [9.17, 15) is 5.11 Å². The molecule has 1 unspecified atom stereocenters. The molecule has 98 valence electrons. The van der Waals surface area contributed by atoms with Gasteiger partial charge in [0.05, 0.1) is 24.0 Å². The van der Waals surface area contributed by atoms with Gasteiger partial charge in [-0.25, -0.2) is 0 Å². The summed E-state index contributed by atoms with van der Waals surface area (Å²) >= 11 is 1.77. The fourth-order valence-electron chi connectivity index (χ4n) is 2.26. The SMILES string of the molecule is NCC(O)CN1c2ccccc2Sc2ccccc21. The molecule has 0 radical (unpaired) electrons. The summed E-state index contributed by atoms with van der Waals surface area (Å²) in [5.74, 6) is 0. The minimum atomic E-state index is -0.524. The number of fused-ring (bicyclic) bond motifs is 2. The van der Waals surface area contributed by atoms with Gasteiger partial charge in [-0.15, -0.1) is 0 Å². The number of aliphatic hydroxyl groups excluding tert-OH is 1. The van der Waals surface area contributed by atoms with Crippen molar-refractivity contribution in [3.8, 4) is 0 Å². The molecule has 0 aromatic heterocycles. The monoisotopic (exact) mass is 272 g/mol. The van der Waals surface area contributed by atoms with E-state index in [-0.39, 0.29) is 6.54 Å². The summed E-state index contributed by atoms with van der Waals surface area (Å²) in [5, 5.41) is 9.89. The molecule has 3 nitrogen and oxygen atoms in total. The van der Waals surface area contributed by atoms with Gasteiger partial charge in [0.15, 0.2) is 0 Å². The van der Waals surface area contributed by atoms with Gasteiger partial charge in [-0.1, -0.05) is 36.0 Å². The third-order valence-electron chi connectivity index (χ3n) is 3.20. The molecule has 19 heavy (non-hydrogen) atoms. The summed E-state index contributed by atoms with van der Waals surface area (Å²) in [4.78, 5) is 4.58. The van der Waals surface area contributed by atoms with Gasteiger partial charge in [0.2, 0.25) is 0 Å². The van der Waals surface area contributed by atoms with E-state index in [0.29, 0.717) is 6.54 Å². The second kappa shape index (κ2) is 5.25. The van der Waals surface area contributed by atoms with Crippen molar-refractivity contribution < 1.29 is 5.11 Å². The Hall–Kier alpha value is -1.49. The van der Waals surface area contributed by atoms with E-state index in [1.165, 1.54) is 9.79 Å². The van der Waals surface area contributed by atoms with Crippen LogP contribution in [-0.2, 0) is 0 Å². The zero-order chi connectivity index (χ0) is 13.2. The molecule has 1 aliphatic rings. The van der Waals surface area contributed by atoms with Crippen LogP contribution in [0, 0.1) is 0 Å². The maximum atomic E-state index is 9.89. The normalized spacial score (nSPS) is 14.7. The Balaban J connectivity index is 2.06. The molecule has 0 saturated carbocycles. The summed E-state index contributed by atoms with van der Waals surface area (Å²) in [5.41, 5.74) is 7.82. The molecule has 2 aromatic carbocycles. The Morgan fingerprint density at radius 1 is 1.00 bits per heavy atom. The predicted octanol–water partition coefficient (Wildman–Crippen LogP) is 2.61. The van der Waals surface area contributed by atoms with Crippen LogP contribution in [-0.4, -0.2) is 24.3 Å². The van der Waals surface area contributed by atoms with Crippen LogP contribution >= 0.6 is 11.8 Å². The summed E-state index contributed by atoms with van der Waals surface area (Å²) in [6.07, 6.45) is -0.524. The van der Waals surface area contributed by atoms with Crippen molar-refractivity contribution in [2.75, 3.05) is 18.0 Å². The van der Waals surface area contributed by atoms with E-state index in [0.717, 1.165) is 11.4 Å². The molecule has 0 saturated heterocycles. The molecule has 0 fully saturated rings. The van der Waals surface area contributed by atoms with Crippen LogP contribution in [0.25, 0.3) is 0 Å². The summed E-state index contributed by atoms with van der Waals surface area (Å²) < 4.78 is 0. The highest BCUT2D eigenvalue weighted by Gasteiger charge is 2.23. The van der Waals surface area contributed by atoms with Crippen LogP contribution in [0.2, 0.25) is 0 Å². The Morgan fingerprint density at radius 3 is 2.05 bits per heavy atom. The second-order valence-corrected chi connectivity index (χ2v) is 5.62. The van der Waals surface area contributed by atoms with Gasteiger partial charge >= 0.3 is 0 Å². The van der Waals surface area contributed by atoms with E-state index in [2.05, 4.69) is 29.2 Å². The highest BCUT2D eigenvalue weighted by molar-refractivity contribution is 7.99. The minimum Gasteiger partial charge on any atom is -0.390 e. The van der Waals surface area contributed by atoms with Gasteiger partial charge in [0.25, 0.3) is 0 Å². The topological polar surface area (TPSA) is 49.5 Å². The van der Waals surface area contributed by atoms with Crippen LogP contribution in [0.4, 0.5) is 11.4 Å². The first kappa shape index (κ1) is 12.5. The van der Waals surface area contributed by atoms with E-state index in [1.54, 1.807) is 11.8 Å². The quantitative estimate of drug-likeness (QED) is 0.901. The molecule has 0 amide bonds. The number of benzene rings is 2. The van der Waals surface area contributed by atoms with Gasteiger partial charge in [-0.3, -0.25) is 0 Å². The van der Waals surface area contributed by atoms with Crippen molar-refractivity contribution in [2.45, 2.75) is 15.9 Å². The van der Waals surface area contributed by atoms with Crippen molar-refractivity contribution in [2.24, 2.45) is 5.73 Å². The standard InChI is InChI=1S/C15H16N2OS/c16-9-11(18)10-17-12-5-1-3-7-14(12)19-15-8-4-2-6-13(15)17/h1-8,11,18H,9-10,16H2. The smallest absolute Gasteiger partial charge is 0.0841 e. The Morgan fingerprint density at radius 2 is 1.53 bits per heavy atom. The van der Waals surface area contributed by atoms with Crippen LogP contribution in [0.5, 0.6) is 0 Å². The zero-order valence-electron chi connectivity index (χ0n) is 10.5. The van der Waals surface area contributed by atoms with Crippen LogP contribution in [0.1, 0.15) is 0 Å². The average Bonchev–Trinajstić information content (AvgIpc) is 2.46. The number of nitrogens with two attached hydrogens (primary N) is 1. The Bertz CT molecular complexity index is 542. The fraction of sp³-hybridized carbons (Fsp3) is 0.200. The molecule has 0 spiro atoms. The molecular weight excluding hydrogens is 256 g/mol. The fourth-order valence-corrected chi connectivity index (χ4v) is 3.36. The van der Waals surface area contributed by atoms with E-state index in [1.807, 2.05) is 24.3 Å². The molecular formula is C15H16N2OS. The van der Waals surface area contributed by atoms with Crippen molar-refractivity contribution in [1.82, 2.24) is 0 Å². The Labute approximate surface area is 117 Å². The van der Waals surface area contributed by atoms with Gasteiger partial charge in [0.1, 0.15) is 0 Å². The molecule has 0 aliphatic carbocycles. The van der Waals surface area contributed by atoms with Crippen LogP contribution < -0.4 is 10.6 Å². The maximum absolute atomic E-state index is 9.89. The molecule has 1 atom stereocenters. The van der Waals surface area contributed by atoms with E-state index in [4.69, 9.17) is 5.73 Å². The van der Waals surface area contributed by atoms with E-state index >= 15 is 0 Å². The first-order chi connectivity index (χ1) is 9.29. The number of anilines is 2. The maximum Gasteiger partial charge on any atom is 0.0841 e. The van der Waals surface area contributed by atoms with Crippen molar-refractivity contribution >= 4 is 23.1 Å². The second-order valence-electron chi connectivity index (χ2n) is 4.54. The summed E-state index contributed by atoms with van der Waals surface area (Å²) in [6.45, 7) is 0.791. The molecule has 1 heterocycles. The number of aliphatic hydroxyl groups is 1. The number of para-hydroxylation sites is 2. The van der Waals surface area contributed by atoms with Gasteiger partial charge in [-0.2, -0.15) is 0 Å². The van der Waals surface area contributed by atoms with Crippen LogP contribution in [0.15, 0.2) is 58.3 Å².